The van der Waals surface area contributed by atoms with E-state index in [1.807, 2.05) is 48.5 Å². The number of hydrogen-bond donors (Lipinski definition) is 0. The zero-order chi connectivity index (χ0) is 37.7. The smallest absolute Gasteiger partial charge is 0.164 e. The molecule has 2 heterocycles. The second-order valence-electron chi connectivity index (χ2n) is 14.3. The normalized spacial score (nSPS) is 11.5. The van der Waals surface area contributed by atoms with E-state index in [0.717, 1.165) is 77.2 Å². The monoisotopic (exact) mass is 727 g/mol. The van der Waals surface area contributed by atoms with Crippen LogP contribution in [0.2, 0.25) is 0 Å². The van der Waals surface area contributed by atoms with E-state index in [1.165, 1.54) is 16.3 Å². The van der Waals surface area contributed by atoms with E-state index in [-0.39, 0.29) is 0 Å². The van der Waals surface area contributed by atoms with Crippen molar-refractivity contribution in [2.75, 3.05) is 0 Å². The lowest BCUT2D eigenvalue weighted by molar-refractivity contribution is 0.669. The highest BCUT2D eigenvalue weighted by atomic mass is 16.3. The van der Waals surface area contributed by atoms with E-state index in [1.54, 1.807) is 0 Å². The van der Waals surface area contributed by atoms with Crippen LogP contribution in [0.3, 0.4) is 0 Å². The predicted molar refractivity (Wildman–Crippen MR) is 235 cm³/mol. The summed E-state index contributed by atoms with van der Waals surface area (Å²) in [7, 11) is 0. The third kappa shape index (κ3) is 5.74. The van der Waals surface area contributed by atoms with E-state index >= 15 is 0 Å². The summed E-state index contributed by atoms with van der Waals surface area (Å²) in [5.41, 5.74) is 11.3. The van der Waals surface area contributed by atoms with Crippen molar-refractivity contribution in [1.82, 2.24) is 15.0 Å². The van der Waals surface area contributed by atoms with Crippen LogP contribution in [0.1, 0.15) is 0 Å². The Hall–Kier alpha value is -7.69. The molecule has 11 rings (SSSR count). The number of benzene rings is 9. The minimum atomic E-state index is 0.622. The third-order valence-corrected chi connectivity index (χ3v) is 11.0. The lowest BCUT2D eigenvalue weighted by Crippen LogP contribution is -2.01. The molecule has 0 aliphatic heterocycles. The second kappa shape index (κ2) is 13.6. The van der Waals surface area contributed by atoms with Crippen molar-refractivity contribution >= 4 is 43.5 Å². The fraction of sp³-hybridized carbons (Fsp3) is 0. The Morgan fingerprint density at radius 1 is 0.281 bits per heavy atom. The molecular formula is C53H33N3O. The predicted octanol–water partition coefficient (Wildman–Crippen LogP) is 14.1. The summed E-state index contributed by atoms with van der Waals surface area (Å²) in [6.07, 6.45) is 0. The standard InChI is InChI=1S/C53H33N3O/c1-3-14-34(15-4-1)39-32-47(50-46-23-11-12-25-48(46)57-49(50)33-39)44-30-31-45(43-22-10-9-21-42(43)44)53-55-51(37-17-5-2-6-18-37)54-52(56-53)38-28-26-36(27-29-38)41-24-13-19-35-16-7-8-20-40(35)41/h1-33H. The molecule has 9 aromatic carbocycles. The topological polar surface area (TPSA) is 51.8 Å². The van der Waals surface area contributed by atoms with Gasteiger partial charge in [0.05, 0.1) is 0 Å². The Balaban J connectivity index is 1.09. The maximum absolute atomic E-state index is 6.52. The lowest BCUT2D eigenvalue weighted by Gasteiger charge is -2.15. The molecule has 4 heteroatoms. The molecule has 0 saturated heterocycles. The van der Waals surface area contributed by atoms with Crippen LogP contribution in [-0.2, 0) is 0 Å². The summed E-state index contributed by atoms with van der Waals surface area (Å²) >= 11 is 0. The Kier molecular flexibility index (Phi) is 7.78. The fourth-order valence-electron chi connectivity index (χ4n) is 8.21. The summed E-state index contributed by atoms with van der Waals surface area (Å²) in [6.45, 7) is 0. The molecule has 0 N–H and O–H groups in total. The second-order valence-corrected chi connectivity index (χ2v) is 14.3. The van der Waals surface area contributed by atoms with E-state index < -0.39 is 0 Å². The molecule has 0 radical (unpaired) electrons. The summed E-state index contributed by atoms with van der Waals surface area (Å²) < 4.78 is 6.52. The molecule has 266 valence electrons. The molecule has 0 saturated carbocycles. The Bertz CT molecular complexity index is 3270. The molecule has 0 atom stereocenters. The summed E-state index contributed by atoms with van der Waals surface area (Å²) in [5, 5.41) is 6.81. The van der Waals surface area contributed by atoms with Crippen molar-refractivity contribution in [1.29, 1.82) is 0 Å². The van der Waals surface area contributed by atoms with Crippen LogP contribution in [0.4, 0.5) is 0 Å². The highest BCUT2D eigenvalue weighted by molar-refractivity contribution is 6.17. The average molecular weight is 728 g/mol. The van der Waals surface area contributed by atoms with Crippen LogP contribution in [0, 0.1) is 0 Å². The zero-order valence-corrected chi connectivity index (χ0v) is 30.8. The van der Waals surface area contributed by atoms with Crippen LogP contribution in [0.25, 0.3) is 111 Å². The molecular weight excluding hydrogens is 695 g/mol. The van der Waals surface area contributed by atoms with Crippen LogP contribution < -0.4 is 0 Å². The van der Waals surface area contributed by atoms with Gasteiger partial charge in [-0.25, -0.2) is 15.0 Å². The number of para-hydroxylation sites is 1. The maximum Gasteiger partial charge on any atom is 0.164 e. The van der Waals surface area contributed by atoms with Crippen molar-refractivity contribution in [2.45, 2.75) is 0 Å². The van der Waals surface area contributed by atoms with Gasteiger partial charge in [0.25, 0.3) is 0 Å². The van der Waals surface area contributed by atoms with Crippen molar-refractivity contribution in [2.24, 2.45) is 0 Å². The molecule has 0 amide bonds. The molecule has 0 aliphatic carbocycles. The van der Waals surface area contributed by atoms with Gasteiger partial charge >= 0.3 is 0 Å². The Morgan fingerprint density at radius 2 is 0.825 bits per heavy atom. The number of fused-ring (bicyclic) bond motifs is 5. The fourth-order valence-corrected chi connectivity index (χ4v) is 8.21. The Morgan fingerprint density at radius 3 is 1.58 bits per heavy atom. The zero-order valence-electron chi connectivity index (χ0n) is 30.8. The van der Waals surface area contributed by atoms with Gasteiger partial charge in [-0.1, -0.05) is 176 Å². The highest BCUT2D eigenvalue weighted by Crippen LogP contribution is 2.44. The van der Waals surface area contributed by atoms with Crippen molar-refractivity contribution in [3.05, 3.63) is 200 Å². The molecule has 11 aromatic rings. The van der Waals surface area contributed by atoms with Gasteiger partial charge in [-0.15, -0.1) is 0 Å². The maximum atomic E-state index is 6.52. The number of nitrogens with zero attached hydrogens (tertiary/aromatic N) is 3. The van der Waals surface area contributed by atoms with Gasteiger partial charge in [-0.05, 0) is 79.2 Å². The summed E-state index contributed by atoms with van der Waals surface area (Å²) in [5.74, 6) is 1.87. The number of rotatable bonds is 6. The van der Waals surface area contributed by atoms with Gasteiger partial charge in [-0.2, -0.15) is 0 Å². The quantitative estimate of drug-likeness (QED) is 0.171. The molecule has 57 heavy (non-hydrogen) atoms. The van der Waals surface area contributed by atoms with Crippen LogP contribution in [0.5, 0.6) is 0 Å². The molecule has 0 fully saturated rings. The van der Waals surface area contributed by atoms with Crippen LogP contribution in [0.15, 0.2) is 205 Å². The first-order valence-electron chi connectivity index (χ1n) is 19.2. The average Bonchev–Trinajstić information content (AvgIpc) is 3.67. The highest BCUT2D eigenvalue weighted by Gasteiger charge is 2.20. The summed E-state index contributed by atoms with van der Waals surface area (Å²) in [6, 6.07) is 69.9. The Labute approximate surface area is 329 Å². The number of hydrogen-bond acceptors (Lipinski definition) is 4. The van der Waals surface area contributed by atoms with Crippen LogP contribution in [-0.4, -0.2) is 15.0 Å². The molecule has 0 bridgehead atoms. The molecule has 2 aromatic heterocycles. The molecule has 0 unspecified atom stereocenters. The van der Waals surface area contributed by atoms with Gasteiger partial charge < -0.3 is 4.42 Å². The van der Waals surface area contributed by atoms with Gasteiger partial charge in [-0.3, -0.25) is 0 Å². The first-order chi connectivity index (χ1) is 28.2. The van der Waals surface area contributed by atoms with E-state index in [4.69, 9.17) is 19.4 Å². The van der Waals surface area contributed by atoms with Crippen molar-refractivity contribution in [3.8, 4) is 67.5 Å². The van der Waals surface area contributed by atoms with Gasteiger partial charge in [0.15, 0.2) is 17.5 Å². The van der Waals surface area contributed by atoms with Gasteiger partial charge in [0.2, 0.25) is 0 Å². The van der Waals surface area contributed by atoms with Crippen LogP contribution >= 0.6 is 0 Å². The first kappa shape index (κ1) is 32.7. The lowest BCUT2D eigenvalue weighted by atomic mass is 9.90. The molecule has 0 spiro atoms. The molecule has 4 nitrogen and oxygen atoms in total. The van der Waals surface area contributed by atoms with Gasteiger partial charge in [0.1, 0.15) is 11.2 Å². The minimum Gasteiger partial charge on any atom is -0.456 e. The first-order valence-corrected chi connectivity index (χ1v) is 19.2. The van der Waals surface area contributed by atoms with E-state index in [2.05, 4.69) is 152 Å². The summed E-state index contributed by atoms with van der Waals surface area (Å²) in [4.78, 5) is 15.4. The van der Waals surface area contributed by atoms with Crippen molar-refractivity contribution in [3.63, 3.8) is 0 Å². The van der Waals surface area contributed by atoms with Crippen molar-refractivity contribution < 1.29 is 4.42 Å². The largest absolute Gasteiger partial charge is 0.456 e. The third-order valence-electron chi connectivity index (χ3n) is 11.0. The number of furan rings is 1. The molecule has 0 aliphatic rings. The minimum absolute atomic E-state index is 0.622. The SMILES string of the molecule is c1ccc(-c2cc(-c3ccc(-c4nc(-c5ccccc5)nc(-c5ccc(-c6cccc7ccccc67)cc5)n4)c4ccccc34)c3c(c2)oc2ccccc23)cc1. The number of aromatic nitrogens is 3. The van der Waals surface area contributed by atoms with Gasteiger partial charge in [0, 0.05) is 27.5 Å². The van der Waals surface area contributed by atoms with E-state index in [9.17, 15) is 0 Å². The van der Waals surface area contributed by atoms with E-state index in [0.29, 0.717) is 17.5 Å².